The van der Waals surface area contributed by atoms with Crippen LogP contribution in [0.25, 0.3) is 0 Å². The fourth-order valence-electron chi connectivity index (χ4n) is 4.55. The van der Waals surface area contributed by atoms with Gasteiger partial charge in [-0.15, -0.1) is 0 Å². The number of carbonyl (C=O) groups excluding carboxylic acids is 1. The molecule has 0 amide bonds. The average molecular weight is 529 g/mol. The van der Waals surface area contributed by atoms with Gasteiger partial charge in [-0.2, -0.15) is 0 Å². The van der Waals surface area contributed by atoms with E-state index in [1.54, 1.807) is 0 Å². The number of esters is 1. The number of aliphatic hydroxyl groups is 1. The Bertz CT molecular complexity index is 440. The van der Waals surface area contributed by atoms with Gasteiger partial charge in [-0.25, -0.2) is 0 Å². The van der Waals surface area contributed by atoms with Crippen LogP contribution in [0.4, 0.5) is 0 Å². The third-order valence-corrected chi connectivity index (χ3v) is 7.14. The van der Waals surface area contributed by atoms with Gasteiger partial charge in [0.2, 0.25) is 0 Å². The first-order valence-corrected chi connectivity index (χ1v) is 16.2. The summed E-state index contributed by atoms with van der Waals surface area (Å²) in [6, 6.07) is 0. The van der Waals surface area contributed by atoms with Gasteiger partial charge in [-0.3, -0.25) is 4.79 Å². The summed E-state index contributed by atoms with van der Waals surface area (Å²) in [4.78, 5) is 12.4. The van der Waals surface area contributed by atoms with Crippen LogP contribution in [0, 0.1) is 5.92 Å². The number of aliphatic hydroxyl groups excluding tert-OH is 1. The van der Waals surface area contributed by atoms with E-state index in [0.717, 1.165) is 25.7 Å². The fourth-order valence-corrected chi connectivity index (χ4v) is 4.55. The second kappa shape index (κ2) is 29.9. The van der Waals surface area contributed by atoms with Gasteiger partial charge in [0.25, 0.3) is 0 Å². The van der Waals surface area contributed by atoms with Crippen molar-refractivity contribution in [2.45, 2.75) is 168 Å². The first-order chi connectivity index (χ1) is 18.2. The van der Waals surface area contributed by atoms with Crippen molar-refractivity contribution >= 4 is 5.97 Å². The topological polar surface area (TPSA) is 65.0 Å². The van der Waals surface area contributed by atoms with Crippen LogP contribution >= 0.6 is 0 Å². The largest absolute Gasteiger partial charge is 0.465 e. The minimum absolute atomic E-state index is 0.0445. The smallest absolute Gasteiger partial charge is 0.305 e. The molecule has 1 N–H and O–H groups in total. The molecule has 0 aromatic carbocycles. The van der Waals surface area contributed by atoms with Crippen LogP contribution in [0.15, 0.2) is 0 Å². The Labute approximate surface area is 230 Å². The van der Waals surface area contributed by atoms with Crippen LogP contribution in [-0.4, -0.2) is 43.8 Å². The average Bonchev–Trinajstić information content (AvgIpc) is 2.91. The molecule has 0 saturated carbocycles. The highest BCUT2D eigenvalue weighted by atomic mass is 16.7. The standard InChI is InChI=1S/C32H64O5/c1-4-7-10-13-14-15-16-17-20-23-30(28-33)29-37-31(34)24-25-32(35-26-21-18-11-8-5-2)36-27-22-19-12-9-6-3/h30,32-33H,4-29H2,1-3H3. The van der Waals surface area contributed by atoms with Crippen LogP contribution < -0.4 is 0 Å². The summed E-state index contributed by atoms with van der Waals surface area (Å²) in [7, 11) is 0. The monoisotopic (exact) mass is 528 g/mol. The molecule has 0 radical (unpaired) electrons. The summed E-state index contributed by atoms with van der Waals surface area (Å²) in [5.74, 6) is -0.170. The molecule has 5 nitrogen and oxygen atoms in total. The van der Waals surface area contributed by atoms with Gasteiger partial charge in [0.1, 0.15) is 0 Å². The lowest BCUT2D eigenvalue weighted by Gasteiger charge is -2.19. The van der Waals surface area contributed by atoms with E-state index in [4.69, 9.17) is 14.2 Å². The van der Waals surface area contributed by atoms with Crippen LogP contribution in [0.3, 0.4) is 0 Å². The molecule has 0 fully saturated rings. The highest BCUT2D eigenvalue weighted by Gasteiger charge is 2.15. The molecule has 0 spiro atoms. The Morgan fingerprint density at radius 2 is 1.03 bits per heavy atom. The van der Waals surface area contributed by atoms with Gasteiger partial charge in [-0.05, 0) is 19.3 Å². The van der Waals surface area contributed by atoms with Crippen molar-refractivity contribution in [1.29, 1.82) is 0 Å². The van der Waals surface area contributed by atoms with E-state index < -0.39 is 0 Å². The number of hydrogen-bond donors (Lipinski definition) is 1. The summed E-state index contributed by atoms with van der Waals surface area (Å²) in [5, 5.41) is 9.70. The van der Waals surface area contributed by atoms with Gasteiger partial charge in [-0.1, -0.05) is 130 Å². The first kappa shape index (κ1) is 36.4. The maximum Gasteiger partial charge on any atom is 0.305 e. The zero-order valence-electron chi connectivity index (χ0n) is 25.1. The van der Waals surface area contributed by atoms with Crippen molar-refractivity contribution in [2.75, 3.05) is 26.4 Å². The Hall–Kier alpha value is -0.650. The highest BCUT2D eigenvalue weighted by Crippen LogP contribution is 2.15. The quantitative estimate of drug-likeness (QED) is 0.0572. The molecule has 222 valence electrons. The Morgan fingerprint density at radius 3 is 1.49 bits per heavy atom. The van der Waals surface area contributed by atoms with Gasteiger partial charge in [0.15, 0.2) is 6.29 Å². The van der Waals surface area contributed by atoms with Crippen molar-refractivity contribution in [3.05, 3.63) is 0 Å². The lowest BCUT2D eigenvalue weighted by Crippen LogP contribution is -2.22. The van der Waals surface area contributed by atoms with Crippen LogP contribution in [-0.2, 0) is 19.0 Å². The van der Waals surface area contributed by atoms with Crippen molar-refractivity contribution in [3.8, 4) is 0 Å². The van der Waals surface area contributed by atoms with Crippen molar-refractivity contribution in [1.82, 2.24) is 0 Å². The molecule has 0 saturated heterocycles. The van der Waals surface area contributed by atoms with Crippen LogP contribution in [0.5, 0.6) is 0 Å². The van der Waals surface area contributed by atoms with Crippen LogP contribution in [0.2, 0.25) is 0 Å². The van der Waals surface area contributed by atoms with E-state index in [9.17, 15) is 9.90 Å². The zero-order chi connectivity index (χ0) is 27.2. The number of hydrogen-bond acceptors (Lipinski definition) is 5. The van der Waals surface area contributed by atoms with E-state index in [1.165, 1.54) is 103 Å². The predicted molar refractivity (Wildman–Crippen MR) is 156 cm³/mol. The molecular formula is C32H64O5. The van der Waals surface area contributed by atoms with Gasteiger partial charge >= 0.3 is 5.97 Å². The van der Waals surface area contributed by atoms with Crippen molar-refractivity contribution in [2.24, 2.45) is 5.92 Å². The maximum absolute atomic E-state index is 12.4. The second-order valence-electron chi connectivity index (χ2n) is 10.9. The first-order valence-electron chi connectivity index (χ1n) is 16.2. The molecule has 5 heteroatoms. The molecule has 0 aliphatic heterocycles. The third kappa shape index (κ3) is 26.7. The lowest BCUT2D eigenvalue weighted by atomic mass is 10.0. The lowest BCUT2D eigenvalue weighted by molar-refractivity contribution is -0.160. The Morgan fingerprint density at radius 1 is 0.595 bits per heavy atom. The molecular weight excluding hydrogens is 464 g/mol. The molecule has 0 rings (SSSR count). The molecule has 0 bridgehead atoms. The van der Waals surface area contributed by atoms with E-state index in [2.05, 4.69) is 20.8 Å². The van der Waals surface area contributed by atoms with E-state index in [-0.39, 0.29) is 24.8 Å². The molecule has 0 aliphatic rings. The maximum atomic E-state index is 12.4. The van der Waals surface area contributed by atoms with E-state index >= 15 is 0 Å². The van der Waals surface area contributed by atoms with Crippen molar-refractivity contribution < 1.29 is 24.1 Å². The molecule has 1 unspecified atom stereocenters. The summed E-state index contributed by atoms with van der Waals surface area (Å²) in [6.07, 6.45) is 25.0. The summed E-state index contributed by atoms with van der Waals surface area (Å²) < 4.78 is 17.5. The highest BCUT2D eigenvalue weighted by molar-refractivity contribution is 5.69. The van der Waals surface area contributed by atoms with Gasteiger partial charge in [0.05, 0.1) is 13.0 Å². The van der Waals surface area contributed by atoms with Crippen LogP contribution in [0.1, 0.15) is 162 Å². The van der Waals surface area contributed by atoms with E-state index in [0.29, 0.717) is 32.7 Å². The Kier molecular flexibility index (Phi) is 29.4. The van der Waals surface area contributed by atoms with Crippen molar-refractivity contribution in [3.63, 3.8) is 0 Å². The Balaban J connectivity index is 4.09. The van der Waals surface area contributed by atoms with E-state index in [1.807, 2.05) is 0 Å². The summed E-state index contributed by atoms with van der Waals surface area (Å²) in [5.41, 5.74) is 0. The zero-order valence-corrected chi connectivity index (χ0v) is 25.1. The SMILES string of the molecule is CCCCCCCCCCCC(CO)COC(=O)CCC(OCCCCCCC)OCCCCCCC. The molecule has 0 aliphatic carbocycles. The number of unbranched alkanes of at least 4 members (excludes halogenated alkanes) is 16. The fraction of sp³-hybridized carbons (Fsp3) is 0.969. The molecule has 1 atom stereocenters. The minimum Gasteiger partial charge on any atom is -0.465 e. The summed E-state index contributed by atoms with van der Waals surface area (Å²) >= 11 is 0. The number of carbonyl (C=O) groups is 1. The minimum atomic E-state index is -0.333. The van der Waals surface area contributed by atoms with Gasteiger partial charge < -0.3 is 19.3 Å². The molecule has 0 heterocycles. The number of ether oxygens (including phenoxy) is 3. The molecule has 37 heavy (non-hydrogen) atoms. The third-order valence-electron chi connectivity index (χ3n) is 7.14. The predicted octanol–water partition coefficient (Wildman–Crippen LogP) is 9.14. The second-order valence-corrected chi connectivity index (χ2v) is 10.9. The molecule has 0 aromatic heterocycles. The number of rotatable bonds is 30. The normalized spacial score (nSPS) is 12.4. The molecule has 0 aromatic rings. The van der Waals surface area contributed by atoms with Gasteiger partial charge in [0, 0.05) is 32.2 Å². The summed E-state index contributed by atoms with van der Waals surface area (Å²) in [6.45, 7) is 8.46.